The van der Waals surface area contributed by atoms with Gasteiger partial charge in [0, 0.05) is 26.2 Å². The zero-order chi connectivity index (χ0) is 16.3. The molecule has 0 bridgehead atoms. The first-order valence-electron chi connectivity index (χ1n) is 7.24. The number of hydrogen-bond donors (Lipinski definition) is 3. The molecule has 2 saturated heterocycles. The number of piperidine rings is 1. The Kier molecular flexibility index (Phi) is 4.84. The lowest BCUT2D eigenvalue weighted by molar-refractivity contribution is -0.145. The van der Waals surface area contributed by atoms with Gasteiger partial charge >= 0.3 is 18.0 Å². The van der Waals surface area contributed by atoms with Crippen LogP contribution in [0.5, 0.6) is 0 Å². The number of nitrogens with one attached hydrogen (secondary N) is 2. The number of imide groups is 1. The molecule has 5 amide bonds. The van der Waals surface area contributed by atoms with Crippen molar-refractivity contribution in [3.8, 4) is 0 Å². The Hall–Kier alpha value is -2.32. The van der Waals surface area contributed by atoms with Gasteiger partial charge in [-0.1, -0.05) is 6.92 Å². The molecule has 0 aliphatic carbocycles. The zero-order valence-corrected chi connectivity index (χ0v) is 12.4. The molecule has 0 aromatic carbocycles. The molecule has 122 valence electrons. The maximum Gasteiger partial charge on any atom is 0.324 e. The molecular weight excluding hydrogens is 292 g/mol. The highest BCUT2D eigenvalue weighted by molar-refractivity contribution is 6.01. The SMILES string of the molecule is CC1CCN(C(=O)NCCN2C(=O)CNC2=O)CC1C(=O)O. The van der Waals surface area contributed by atoms with E-state index in [0.717, 1.165) is 4.90 Å². The Morgan fingerprint density at radius 3 is 2.73 bits per heavy atom. The molecule has 22 heavy (non-hydrogen) atoms. The summed E-state index contributed by atoms with van der Waals surface area (Å²) in [5, 5.41) is 14.1. The molecule has 9 heteroatoms. The summed E-state index contributed by atoms with van der Waals surface area (Å²) >= 11 is 0. The number of amides is 5. The Bertz CT molecular complexity index is 479. The van der Waals surface area contributed by atoms with Crippen molar-refractivity contribution >= 4 is 23.9 Å². The van der Waals surface area contributed by atoms with Crippen molar-refractivity contribution in [3.63, 3.8) is 0 Å². The third-order valence-electron chi connectivity index (χ3n) is 4.11. The number of likely N-dealkylation sites (tertiary alicyclic amines) is 1. The fourth-order valence-electron chi connectivity index (χ4n) is 2.64. The Morgan fingerprint density at radius 2 is 2.14 bits per heavy atom. The number of carboxylic acid groups (broad SMARTS) is 1. The van der Waals surface area contributed by atoms with Gasteiger partial charge in [-0.25, -0.2) is 9.59 Å². The lowest BCUT2D eigenvalue weighted by Crippen LogP contribution is -2.50. The first-order chi connectivity index (χ1) is 10.4. The number of carboxylic acids is 1. The molecule has 0 spiro atoms. The predicted molar refractivity (Wildman–Crippen MR) is 75.0 cm³/mol. The average Bonchev–Trinajstić information content (AvgIpc) is 2.79. The fraction of sp³-hybridized carbons (Fsp3) is 0.692. The normalized spacial score (nSPS) is 25.1. The summed E-state index contributed by atoms with van der Waals surface area (Å²) in [5.41, 5.74) is 0. The van der Waals surface area contributed by atoms with Crippen molar-refractivity contribution in [3.05, 3.63) is 0 Å². The zero-order valence-electron chi connectivity index (χ0n) is 12.4. The van der Waals surface area contributed by atoms with Gasteiger partial charge in [-0.3, -0.25) is 14.5 Å². The van der Waals surface area contributed by atoms with Gasteiger partial charge in [-0.15, -0.1) is 0 Å². The topological polar surface area (TPSA) is 119 Å². The largest absolute Gasteiger partial charge is 0.481 e. The van der Waals surface area contributed by atoms with Gasteiger partial charge in [-0.2, -0.15) is 0 Å². The van der Waals surface area contributed by atoms with Crippen molar-refractivity contribution < 1.29 is 24.3 Å². The van der Waals surface area contributed by atoms with E-state index in [4.69, 9.17) is 5.11 Å². The molecule has 2 aliphatic heterocycles. The Labute approximate surface area is 127 Å². The van der Waals surface area contributed by atoms with Crippen LogP contribution < -0.4 is 10.6 Å². The monoisotopic (exact) mass is 312 g/mol. The van der Waals surface area contributed by atoms with E-state index in [0.29, 0.717) is 13.0 Å². The second kappa shape index (κ2) is 6.63. The van der Waals surface area contributed by atoms with E-state index >= 15 is 0 Å². The van der Waals surface area contributed by atoms with Crippen LogP contribution in [0.15, 0.2) is 0 Å². The van der Waals surface area contributed by atoms with Crippen molar-refractivity contribution in [2.24, 2.45) is 11.8 Å². The summed E-state index contributed by atoms with van der Waals surface area (Å²) in [5.74, 6) is -1.75. The maximum atomic E-state index is 12.0. The van der Waals surface area contributed by atoms with Gasteiger partial charge in [-0.05, 0) is 12.3 Å². The molecular formula is C13H20N4O5. The Balaban J connectivity index is 1.79. The molecule has 2 aliphatic rings. The molecule has 0 aromatic rings. The van der Waals surface area contributed by atoms with E-state index in [2.05, 4.69) is 10.6 Å². The van der Waals surface area contributed by atoms with Crippen molar-refractivity contribution in [1.29, 1.82) is 0 Å². The third-order valence-corrected chi connectivity index (χ3v) is 4.11. The van der Waals surface area contributed by atoms with Crippen LogP contribution >= 0.6 is 0 Å². The number of nitrogens with zero attached hydrogens (tertiary/aromatic N) is 2. The molecule has 0 saturated carbocycles. The van der Waals surface area contributed by atoms with Crippen LogP contribution in [0.4, 0.5) is 9.59 Å². The highest BCUT2D eigenvalue weighted by atomic mass is 16.4. The van der Waals surface area contributed by atoms with E-state index in [1.54, 1.807) is 0 Å². The van der Waals surface area contributed by atoms with Gasteiger partial charge in [0.2, 0.25) is 5.91 Å². The third kappa shape index (κ3) is 3.46. The van der Waals surface area contributed by atoms with E-state index in [1.807, 2.05) is 6.92 Å². The second-order valence-corrected chi connectivity index (χ2v) is 5.59. The lowest BCUT2D eigenvalue weighted by atomic mass is 9.87. The quantitative estimate of drug-likeness (QED) is 0.593. The first-order valence-corrected chi connectivity index (χ1v) is 7.24. The van der Waals surface area contributed by atoms with Crippen molar-refractivity contribution in [1.82, 2.24) is 20.4 Å². The van der Waals surface area contributed by atoms with Crippen molar-refractivity contribution in [2.45, 2.75) is 13.3 Å². The average molecular weight is 312 g/mol. The van der Waals surface area contributed by atoms with Crippen molar-refractivity contribution in [2.75, 3.05) is 32.7 Å². The summed E-state index contributed by atoms with van der Waals surface area (Å²) in [7, 11) is 0. The minimum Gasteiger partial charge on any atom is -0.481 e. The molecule has 3 N–H and O–H groups in total. The maximum absolute atomic E-state index is 12.0. The summed E-state index contributed by atoms with van der Waals surface area (Å²) in [6.07, 6.45) is 0.636. The number of rotatable bonds is 4. The van der Waals surface area contributed by atoms with Gasteiger partial charge in [0.1, 0.15) is 0 Å². The lowest BCUT2D eigenvalue weighted by Gasteiger charge is -2.34. The minimum absolute atomic E-state index is 0.0168. The minimum atomic E-state index is -0.899. The standard InChI is InChI=1S/C13H20N4O5/c1-8-2-4-16(7-9(8)11(19)20)12(21)14-3-5-17-10(18)6-15-13(17)22/h8-9H,2-7H2,1H3,(H,14,21)(H,15,22)(H,19,20). The number of aliphatic carboxylic acids is 1. The fourth-order valence-corrected chi connectivity index (χ4v) is 2.64. The molecule has 0 radical (unpaired) electrons. The number of hydrogen-bond acceptors (Lipinski definition) is 4. The summed E-state index contributed by atoms with van der Waals surface area (Å²) in [6, 6.07) is -0.831. The highest BCUT2D eigenvalue weighted by Crippen LogP contribution is 2.23. The first kappa shape index (κ1) is 16.1. The van der Waals surface area contributed by atoms with Gasteiger partial charge in [0.15, 0.2) is 0 Å². The van der Waals surface area contributed by atoms with E-state index < -0.39 is 17.9 Å². The van der Waals surface area contributed by atoms with Crippen LogP contribution in [0.3, 0.4) is 0 Å². The van der Waals surface area contributed by atoms with Gasteiger partial charge < -0.3 is 20.6 Å². The van der Waals surface area contributed by atoms with Crippen LogP contribution in [0.2, 0.25) is 0 Å². The van der Waals surface area contributed by atoms with Gasteiger partial charge in [0.05, 0.1) is 12.5 Å². The van der Waals surface area contributed by atoms with Gasteiger partial charge in [0.25, 0.3) is 0 Å². The summed E-state index contributed by atoms with van der Waals surface area (Å²) in [4.78, 5) is 48.4. The van der Waals surface area contributed by atoms with Crippen LogP contribution in [0.1, 0.15) is 13.3 Å². The molecule has 2 heterocycles. The molecule has 2 atom stereocenters. The smallest absolute Gasteiger partial charge is 0.324 e. The van der Waals surface area contributed by atoms with E-state index in [9.17, 15) is 19.2 Å². The van der Waals surface area contributed by atoms with E-state index in [-0.39, 0.29) is 44.0 Å². The van der Waals surface area contributed by atoms with Crippen LogP contribution in [0.25, 0.3) is 0 Å². The van der Waals surface area contributed by atoms with Crippen LogP contribution in [0, 0.1) is 11.8 Å². The second-order valence-electron chi connectivity index (χ2n) is 5.59. The number of carbonyl (C=O) groups excluding carboxylic acids is 3. The molecule has 2 unspecified atom stereocenters. The number of carbonyl (C=O) groups is 4. The van der Waals surface area contributed by atoms with E-state index in [1.165, 1.54) is 4.90 Å². The summed E-state index contributed by atoms with van der Waals surface area (Å²) < 4.78 is 0. The molecule has 2 rings (SSSR count). The molecule has 9 nitrogen and oxygen atoms in total. The highest BCUT2D eigenvalue weighted by Gasteiger charge is 2.33. The molecule has 0 aromatic heterocycles. The Morgan fingerprint density at radius 1 is 1.41 bits per heavy atom. The molecule has 2 fully saturated rings. The predicted octanol–water partition coefficient (Wildman–Crippen LogP) is -0.710. The summed E-state index contributed by atoms with van der Waals surface area (Å²) in [6.45, 7) is 2.76. The number of urea groups is 2. The van der Waals surface area contributed by atoms with Crippen LogP contribution in [-0.2, 0) is 9.59 Å². The van der Waals surface area contributed by atoms with Crippen LogP contribution in [-0.4, -0.2) is 71.6 Å².